The first kappa shape index (κ1) is 14.8. The summed E-state index contributed by atoms with van der Waals surface area (Å²) in [7, 11) is 1.59. The van der Waals surface area contributed by atoms with Crippen LogP contribution >= 0.6 is 0 Å². The lowest BCUT2D eigenvalue weighted by Crippen LogP contribution is -2.12. The molecule has 0 amide bonds. The highest BCUT2D eigenvalue weighted by Crippen LogP contribution is 2.13. The van der Waals surface area contributed by atoms with Crippen molar-refractivity contribution in [2.75, 3.05) is 7.11 Å². The summed E-state index contributed by atoms with van der Waals surface area (Å²) < 4.78 is 6.43. The minimum absolute atomic E-state index is 0.174. The number of hydrogen-bond acceptors (Lipinski definition) is 3. The van der Waals surface area contributed by atoms with Gasteiger partial charge in [0.15, 0.2) is 0 Å². The zero-order valence-electron chi connectivity index (χ0n) is 12.7. The molecule has 0 fully saturated rings. The molecule has 3 aromatic rings. The summed E-state index contributed by atoms with van der Waals surface area (Å²) in [5, 5.41) is 4.29. The van der Waals surface area contributed by atoms with Gasteiger partial charge < -0.3 is 4.74 Å². The molecule has 2 aromatic carbocycles. The number of methoxy groups -OCH3 is 1. The second-order valence-corrected chi connectivity index (χ2v) is 4.96. The van der Waals surface area contributed by atoms with Gasteiger partial charge in [-0.25, -0.2) is 4.68 Å². The second kappa shape index (κ2) is 6.75. The van der Waals surface area contributed by atoms with Crippen LogP contribution < -0.4 is 4.74 Å². The molecule has 23 heavy (non-hydrogen) atoms. The van der Waals surface area contributed by atoms with Crippen LogP contribution in [0.4, 0.5) is 0 Å². The van der Waals surface area contributed by atoms with Gasteiger partial charge in [-0.1, -0.05) is 36.4 Å². The van der Waals surface area contributed by atoms with Gasteiger partial charge in [0.25, 0.3) is 5.91 Å². The average Bonchev–Trinajstić information content (AvgIpc) is 3.09. The second-order valence-electron chi connectivity index (χ2n) is 4.96. The molecule has 1 aromatic heterocycles. The van der Waals surface area contributed by atoms with Crippen molar-refractivity contribution in [1.82, 2.24) is 9.78 Å². The van der Waals surface area contributed by atoms with E-state index in [0.29, 0.717) is 11.3 Å². The van der Waals surface area contributed by atoms with Crippen LogP contribution in [0.25, 0.3) is 12.2 Å². The minimum atomic E-state index is -0.174. The van der Waals surface area contributed by atoms with Gasteiger partial charge >= 0.3 is 0 Å². The molecular weight excluding hydrogens is 288 g/mol. The molecule has 4 heteroatoms. The molecule has 1 heterocycles. The predicted octanol–water partition coefficient (Wildman–Crippen LogP) is 3.75. The molecule has 0 bridgehead atoms. The van der Waals surface area contributed by atoms with Crippen molar-refractivity contribution >= 4 is 18.1 Å². The first-order valence-corrected chi connectivity index (χ1v) is 7.24. The minimum Gasteiger partial charge on any atom is -0.497 e. The van der Waals surface area contributed by atoms with Gasteiger partial charge in [0.2, 0.25) is 0 Å². The highest BCUT2D eigenvalue weighted by Gasteiger charge is 2.09. The molecule has 0 aliphatic rings. The average molecular weight is 304 g/mol. The lowest BCUT2D eigenvalue weighted by molar-refractivity contribution is 0.0945. The summed E-state index contributed by atoms with van der Waals surface area (Å²) in [4.78, 5) is 12.4. The third-order valence-electron chi connectivity index (χ3n) is 3.40. The third kappa shape index (κ3) is 3.55. The lowest BCUT2D eigenvalue weighted by Gasteiger charge is -2.02. The van der Waals surface area contributed by atoms with Crippen LogP contribution in [0.5, 0.6) is 5.75 Å². The van der Waals surface area contributed by atoms with E-state index in [1.807, 2.05) is 42.5 Å². The Labute approximate surface area is 134 Å². The van der Waals surface area contributed by atoms with Crippen LogP contribution in [0, 0.1) is 0 Å². The summed E-state index contributed by atoms with van der Waals surface area (Å²) in [5.74, 6) is 0.542. The zero-order chi connectivity index (χ0) is 16.1. The Morgan fingerprint density at radius 2 is 1.74 bits per heavy atom. The van der Waals surface area contributed by atoms with Gasteiger partial charge in [0.1, 0.15) is 5.75 Å². The monoisotopic (exact) mass is 304 g/mol. The van der Waals surface area contributed by atoms with Crippen LogP contribution in [0.3, 0.4) is 0 Å². The van der Waals surface area contributed by atoms with Crippen molar-refractivity contribution in [3.05, 3.63) is 83.7 Å². The molecule has 0 saturated carbocycles. The summed E-state index contributed by atoms with van der Waals surface area (Å²) in [6.45, 7) is 0. The molecule has 4 nitrogen and oxygen atoms in total. The molecule has 0 N–H and O–H groups in total. The fourth-order valence-electron chi connectivity index (χ4n) is 2.15. The van der Waals surface area contributed by atoms with Crippen molar-refractivity contribution in [3.8, 4) is 5.75 Å². The fraction of sp³-hybridized carbons (Fsp3) is 0.0526. The quantitative estimate of drug-likeness (QED) is 0.737. The van der Waals surface area contributed by atoms with Crippen LogP contribution in [-0.4, -0.2) is 22.8 Å². The molecule has 0 atom stereocenters. The first-order chi connectivity index (χ1) is 11.3. The Morgan fingerprint density at radius 3 is 2.43 bits per heavy atom. The van der Waals surface area contributed by atoms with Gasteiger partial charge in [-0.3, -0.25) is 4.79 Å². The highest BCUT2D eigenvalue weighted by atomic mass is 16.5. The van der Waals surface area contributed by atoms with Gasteiger partial charge in [-0.2, -0.15) is 5.10 Å². The van der Waals surface area contributed by atoms with E-state index in [0.717, 1.165) is 11.3 Å². The topological polar surface area (TPSA) is 44.1 Å². The molecule has 114 valence electrons. The van der Waals surface area contributed by atoms with Crippen molar-refractivity contribution in [2.45, 2.75) is 0 Å². The van der Waals surface area contributed by atoms with Crippen molar-refractivity contribution in [2.24, 2.45) is 0 Å². The smallest absolute Gasteiger partial charge is 0.278 e. The predicted molar refractivity (Wildman–Crippen MR) is 90.3 cm³/mol. The highest BCUT2D eigenvalue weighted by molar-refractivity contribution is 5.95. The number of rotatable bonds is 4. The van der Waals surface area contributed by atoms with E-state index >= 15 is 0 Å². The van der Waals surface area contributed by atoms with Gasteiger partial charge in [-0.05, 0) is 42.0 Å². The molecule has 0 saturated heterocycles. The van der Waals surface area contributed by atoms with Gasteiger partial charge in [0, 0.05) is 11.8 Å². The number of carbonyl (C=O) groups is 1. The Morgan fingerprint density at radius 1 is 1.00 bits per heavy atom. The van der Waals surface area contributed by atoms with Crippen molar-refractivity contribution in [3.63, 3.8) is 0 Å². The van der Waals surface area contributed by atoms with E-state index in [2.05, 4.69) is 5.10 Å². The Balaban J connectivity index is 1.75. The molecule has 0 aliphatic carbocycles. The Bertz CT molecular complexity index is 818. The van der Waals surface area contributed by atoms with E-state index in [-0.39, 0.29) is 5.91 Å². The third-order valence-corrected chi connectivity index (χ3v) is 3.40. The summed E-state index contributed by atoms with van der Waals surface area (Å²) in [6.07, 6.45) is 5.51. The molecule has 0 spiro atoms. The standard InChI is InChI=1S/C19H16N2O2/c1-23-18-11-8-16(9-12-18)19(22)21-14-13-17(20-21)10-7-15-5-3-2-4-6-15/h2-14H,1H3. The summed E-state index contributed by atoms with van der Waals surface area (Å²) in [5.41, 5.74) is 2.38. The van der Waals surface area contributed by atoms with Gasteiger partial charge in [0.05, 0.1) is 12.8 Å². The molecule has 0 unspecified atom stereocenters. The summed E-state index contributed by atoms with van der Waals surface area (Å²) in [6, 6.07) is 18.7. The maximum Gasteiger partial charge on any atom is 0.278 e. The number of carbonyl (C=O) groups excluding carboxylic acids is 1. The van der Waals surface area contributed by atoms with E-state index in [1.165, 1.54) is 4.68 Å². The Hall–Kier alpha value is -3.14. The molecule has 0 aliphatic heterocycles. The van der Waals surface area contributed by atoms with E-state index in [9.17, 15) is 4.79 Å². The summed E-state index contributed by atoms with van der Waals surface area (Å²) >= 11 is 0. The molecular formula is C19H16N2O2. The van der Waals surface area contributed by atoms with Crippen molar-refractivity contribution < 1.29 is 9.53 Å². The van der Waals surface area contributed by atoms with Crippen LogP contribution in [0.2, 0.25) is 0 Å². The number of nitrogens with zero attached hydrogens (tertiary/aromatic N) is 2. The Kier molecular flexibility index (Phi) is 4.34. The number of benzene rings is 2. The van der Waals surface area contributed by atoms with Crippen LogP contribution in [-0.2, 0) is 0 Å². The maximum absolute atomic E-state index is 12.4. The largest absolute Gasteiger partial charge is 0.497 e. The molecule has 0 radical (unpaired) electrons. The van der Waals surface area contributed by atoms with E-state index in [4.69, 9.17) is 4.74 Å². The lowest BCUT2D eigenvalue weighted by atomic mass is 10.2. The van der Waals surface area contributed by atoms with E-state index < -0.39 is 0 Å². The normalized spacial score (nSPS) is 10.8. The number of ether oxygens (including phenoxy) is 1. The van der Waals surface area contributed by atoms with Crippen LogP contribution in [0.15, 0.2) is 66.9 Å². The number of hydrogen-bond donors (Lipinski definition) is 0. The fourth-order valence-corrected chi connectivity index (χ4v) is 2.15. The van der Waals surface area contributed by atoms with Crippen LogP contribution in [0.1, 0.15) is 21.6 Å². The molecule has 3 rings (SSSR count). The van der Waals surface area contributed by atoms with E-state index in [1.54, 1.807) is 43.6 Å². The first-order valence-electron chi connectivity index (χ1n) is 7.24. The number of aromatic nitrogens is 2. The maximum atomic E-state index is 12.4. The van der Waals surface area contributed by atoms with Crippen molar-refractivity contribution in [1.29, 1.82) is 0 Å². The van der Waals surface area contributed by atoms with Gasteiger partial charge in [-0.15, -0.1) is 0 Å². The SMILES string of the molecule is COc1ccc(C(=O)n2ccc(C=Cc3ccccc3)n2)cc1. The zero-order valence-corrected chi connectivity index (χ0v) is 12.7.